The molecule has 0 aromatic rings. The van der Waals surface area contributed by atoms with Crippen molar-refractivity contribution in [3.05, 3.63) is 0 Å². The van der Waals surface area contributed by atoms with Gasteiger partial charge in [0, 0.05) is 0 Å². The summed E-state index contributed by atoms with van der Waals surface area (Å²) in [4.78, 5) is 19.5. The molecule has 4 heteroatoms. The smallest absolute Gasteiger partial charge is 0.310 e. The van der Waals surface area contributed by atoms with Crippen molar-refractivity contribution in [3.8, 4) is 0 Å². The summed E-state index contributed by atoms with van der Waals surface area (Å²) < 4.78 is 0. The quantitative estimate of drug-likeness (QED) is 0.382. The SMILES string of the molecule is CC(=O)CC(=O)O.[AlH3]. The van der Waals surface area contributed by atoms with Crippen molar-refractivity contribution < 1.29 is 14.7 Å². The number of rotatable bonds is 2. The molecule has 3 nitrogen and oxygen atoms in total. The molecular weight excluding hydrogens is 123 g/mol. The van der Waals surface area contributed by atoms with E-state index >= 15 is 0 Å². The molecule has 0 fully saturated rings. The molecule has 0 saturated heterocycles. The minimum Gasteiger partial charge on any atom is -0.481 e. The van der Waals surface area contributed by atoms with Crippen molar-refractivity contribution in [2.24, 2.45) is 0 Å². The standard InChI is InChI=1S/C4H6O3.Al.3H/c1-3(5)2-4(6)7;;;;/h2H2,1H3,(H,6,7);;;;. The van der Waals surface area contributed by atoms with Gasteiger partial charge in [-0.05, 0) is 6.92 Å². The van der Waals surface area contributed by atoms with Crippen molar-refractivity contribution in [2.75, 3.05) is 0 Å². The average molecular weight is 132 g/mol. The van der Waals surface area contributed by atoms with Crippen molar-refractivity contribution in [1.82, 2.24) is 0 Å². The number of carboxylic acid groups (broad SMARTS) is 1. The van der Waals surface area contributed by atoms with E-state index in [1.54, 1.807) is 0 Å². The van der Waals surface area contributed by atoms with Gasteiger partial charge < -0.3 is 5.11 Å². The zero-order valence-electron chi connectivity index (χ0n) is 3.97. The third-order valence-electron chi connectivity index (χ3n) is 0.400. The van der Waals surface area contributed by atoms with Gasteiger partial charge >= 0.3 is 5.97 Å². The number of hydrogen-bond donors (Lipinski definition) is 1. The van der Waals surface area contributed by atoms with Gasteiger partial charge in [0.25, 0.3) is 0 Å². The van der Waals surface area contributed by atoms with Gasteiger partial charge in [0.15, 0.2) is 17.4 Å². The lowest BCUT2D eigenvalue weighted by molar-refractivity contribution is -0.139. The zero-order chi connectivity index (χ0) is 5.86. The minimum atomic E-state index is -1.06. The topological polar surface area (TPSA) is 54.4 Å². The maximum atomic E-state index is 9.87. The normalized spacial score (nSPS) is 7.12. The third kappa shape index (κ3) is 9.18. The van der Waals surface area contributed by atoms with E-state index in [2.05, 4.69) is 0 Å². The largest absolute Gasteiger partial charge is 0.481 e. The Morgan fingerprint density at radius 1 is 1.50 bits per heavy atom. The Morgan fingerprint density at radius 2 is 1.88 bits per heavy atom. The van der Waals surface area contributed by atoms with E-state index in [1.807, 2.05) is 0 Å². The maximum absolute atomic E-state index is 9.87. The van der Waals surface area contributed by atoms with Crippen molar-refractivity contribution in [1.29, 1.82) is 0 Å². The molecule has 0 heterocycles. The summed E-state index contributed by atoms with van der Waals surface area (Å²) in [5, 5.41) is 7.86. The van der Waals surface area contributed by atoms with E-state index in [0.29, 0.717) is 0 Å². The van der Waals surface area contributed by atoms with Gasteiger partial charge in [0.1, 0.15) is 12.2 Å². The van der Waals surface area contributed by atoms with Gasteiger partial charge in [0.2, 0.25) is 0 Å². The number of carboxylic acids is 1. The monoisotopic (exact) mass is 132 g/mol. The first-order chi connectivity index (χ1) is 3.13. The van der Waals surface area contributed by atoms with Crippen LogP contribution in [0.3, 0.4) is 0 Å². The van der Waals surface area contributed by atoms with Gasteiger partial charge in [-0.25, -0.2) is 0 Å². The Labute approximate surface area is 57.8 Å². The summed E-state index contributed by atoms with van der Waals surface area (Å²) in [5.74, 6) is -1.37. The van der Waals surface area contributed by atoms with Crippen LogP contribution in [0.5, 0.6) is 0 Å². The molecular formula is C4H9AlO3. The summed E-state index contributed by atoms with van der Waals surface area (Å²) in [7, 11) is 0. The highest BCUT2D eigenvalue weighted by atomic mass is 27.0. The fraction of sp³-hybridized carbons (Fsp3) is 0.500. The minimum absolute atomic E-state index is 0. The first kappa shape index (κ1) is 10.6. The number of Topliss-reactive ketones (excluding diaryl/α,β-unsaturated/α-hetero) is 1. The number of aliphatic carboxylic acids is 1. The van der Waals surface area contributed by atoms with E-state index < -0.39 is 5.97 Å². The summed E-state index contributed by atoms with van der Waals surface area (Å²) >= 11 is 0. The van der Waals surface area contributed by atoms with Crippen LogP contribution in [0.15, 0.2) is 0 Å². The molecule has 0 aromatic carbocycles. The second-order valence-electron chi connectivity index (χ2n) is 1.27. The van der Waals surface area contributed by atoms with Crippen molar-refractivity contribution >= 4 is 29.1 Å². The van der Waals surface area contributed by atoms with Crippen LogP contribution in [0.2, 0.25) is 0 Å². The predicted molar refractivity (Wildman–Crippen MR) is 32.9 cm³/mol. The molecule has 0 spiro atoms. The second-order valence-corrected chi connectivity index (χ2v) is 1.27. The maximum Gasteiger partial charge on any atom is 0.310 e. The highest BCUT2D eigenvalue weighted by molar-refractivity contribution is 5.93. The van der Waals surface area contributed by atoms with Gasteiger partial charge in [-0.15, -0.1) is 0 Å². The average Bonchev–Trinajstić information content (AvgIpc) is 1.27. The number of carbonyl (C=O) groups excluding carboxylic acids is 1. The summed E-state index contributed by atoms with van der Waals surface area (Å²) in [6.07, 6.45) is -0.361. The zero-order valence-corrected chi connectivity index (χ0v) is 3.97. The summed E-state index contributed by atoms with van der Waals surface area (Å²) in [6, 6.07) is 0. The molecule has 0 aliphatic carbocycles. The number of carbonyl (C=O) groups is 2. The molecule has 0 atom stereocenters. The lowest BCUT2D eigenvalue weighted by Gasteiger charge is -1.80. The van der Waals surface area contributed by atoms with Crippen LogP contribution in [0, 0.1) is 0 Å². The number of hydrogen-bond acceptors (Lipinski definition) is 2. The van der Waals surface area contributed by atoms with Crippen LogP contribution in [-0.4, -0.2) is 34.2 Å². The van der Waals surface area contributed by atoms with E-state index in [1.165, 1.54) is 6.92 Å². The molecule has 0 bridgehead atoms. The molecule has 0 aliphatic rings. The van der Waals surface area contributed by atoms with Crippen molar-refractivity contribution in [3.63, 3.8) is 0 Å². The van der Waals surface area contributed by atoms with E-state index in [0.717, 1.165) is 0 Å². The fourth-order valence-corrected chi connectivity index (χ4v) is 0.213. The Hall–Kier alpha value is -0.328. The predicted octanol–water partition coefficient (Wildman–Crippen LogP) is -1.13. The van der Waals surface area contributed by atoms with Gasteiger partial charge in [-0.1, -0.05) is 0 Å². The highest BCUT2D eigenvalue weighted by Gasteiger charge is 1.98. The third-order valence-corrected chi connectivity index (χ3v) is 0.400. The van der Waals surface area contributed by atoms with E-state index in [9.17, 15) is 9.59 Å². The Kier molecular flexibility index (Phi) is 6.40. The van der Waals surface area contributed by atoms with Crippen LogP contribution in [-0.2, 0) is 9.59 Å². The van der Waals surface area contributed by atoms with Crippen molar-refractivity contribution in [2.45, 2.75) is 13.3 Å². The molecule has 8 heavy (non-hydrogen) atoms. The number of ketones is 1. The molecule has 0 aromatic heterocycles. The van der Waals surface area contributed by atoms with Gasteiger partial charge in [-0.2, -0.15) is 0 Å². The summed E-state index contributed by atoms with van der Waals surface area (Å²) in [5.41, 5.74) is 0. The fourth-order valence-electron chi connectivity index (χ4n) is 0.213. The van der Waals surface area contributed by atoms with Crippen LogP contribution in [0.25, 0.3) is 0 Å². The molecule has 0 aliphatic heterocycles. The van der Waals surface area contributed by atoms with Crippen LogP contribution < -0.4 is 0 Å². The second kappa shape index (κ2) is 4.82. The lowest BCUT2D eigenvalue weighted by atomic mass is 10.3. The Balaban J connectivity index is 0. The first-order valence-electron chi connectivity index (χ1n) is 1.84. The van der Waals surface area contributed by atoms with E-state index in [4.69, 9.17) is 5.11 Å². The van der Waals surface area contributed by atoms with Gasteiger partial charge in [0.05, 0.1) is 0 Å². The Bertz CT molecular complexity index is 87.5. The molecule has 0 saturated carbocycles. The first-order valence-corrected chi connectivity index (χ1v) is 1.84. The molecule has 0 amide bonds. The van der Waals surface area contributed by atoms with Gasteiger partial charge in [-0.3, -0.25) is 9.59 Å². The van der Waals surface area contributed by atoms with Crippen LogP contribution in [0.4, 0.5) is 0 Å². The van der Waals surface area contributed by atoms with Crippen LogP contribution in [0.1, 0.15) is 13.3 Å². The molecule has 0 rings (SSSR count). The molecule has 0 radical (unpaired) electrons. The molecule has 46 valence electrons. The van der Waals surface area contributed by atoms with Crippen LogP contribution >= 0.6 is 0 Å². The highest BCUT2D eigenvalue weighted by Crippen LogP contribution is 1.77. The van der Waals surface area contributed by atoms with E-state index in [-0.39, 0.29) is 29.6 Å². The molecule has 0 unspecified atom stereocenters. The Morgan fingerprint density at radius 3 is 1.88 bits per heavy atom. The lowest BCUT2D eigenvalue weighted by Crippen LogP contribution is -2.00. The molecule has 1 N–H and O–H groups in total. The summed E-state index contributed by atoms with van der Waals surface area (Å²) in [6.45, 7) is 1.24.